The summed E-state index contributed by atoms with van der Waals surface area (Å²) in [6.07, 6.45) is 4.18. The van der Waals surface area contributed by atoms with Crippen molar-refractivity contribution in [1.82, 2.24) is 10.2 Å². The molecule has 31 heavy (non-hydrogen) atoms. The van der Waals surface area contributed by atoms with Crippen molar-refractivity contribution in [2.24, 2.45) is 11.8 Å². The van der Waals surface area contributed by atoms with Crippen LogP contribution in [-0.2, 0) is 0 Å². The molecule has 0 heterocycles. The standard InChI is InChI=1S/C27H34F2N2/c1-17-11-25(18(2)27(29)12-17)26(15-21-7-9-24(28)10-8-21)23-13-22(14-23)16-30-19(3)20(4)31(5)6/h7-12,15,20,22-23,30H,3,13-14,16H2,1-2,4-6H3/b26-15+. The first-order valence-electron chi connectivity index (χ1n) is 11.0. The zero-order valence-electron chi connectivity index (χ0n) is 19.3. The maximum atomic E-state index is 14.5. The summed E-state index contributed by atoms with van der Waals surface area (Å²) in [5.41, 5.74) is 5.66. The Labute approximate surface area is 185 Å². The molecular weight excluding hydrogens is 390 g/mol. The Hall–Kier alpha value is -2.46. The van der Waals surface area contributed by atoms with Crippen LogP contribution in [0.25, 0.3) is 11.6 Å². The fraction of sp³-hybridized carbons (Fsp3) is 0.407. The van der Waals surface area contributed by atoms with Crippen LogP contribution in [0, 0.1) is 37.3 Å². The van der Waals surface area contributed by atoms with Gasteiger partial charge in [-0.1, -0.05) is 30.9 Å². The average molecular weight is 425 g/mol. The van der Waals surface area contributed by atoms with E-state index in [0.717, 1.165) is 47.3 Å². The largest absolute Gasteiger partial charge is 0.387 e. The van der Waals surface area contributed by atoms with Crippen molar-refractivity contribution >= 4 is 11.6 Å². The molecular formula is C27H34F2N2. The first kappa shape index (κ1) is 23.2. The number of nitrogens with one attached hydrogen (secondary N) is 1. The van der Waals surface area contributed by atoms with Gasteiger partial charge in [-0.2, -0.15) is 0 Å². The summed E-state index contributed by atoms with van der Waals surface area (Å²) in [6.45, 7) is 11.0. The maximum absolute atomic E-state index is 14.5. The van der Waals surface area contributed by atoms with Crippen LogP contribution in [-0.4, -0.2) is 31.6 Å². The van der Waals surface area contributed by atoms with Gasteiger partial charge >= 0.3 is 0 Å². The van der Waals surface area contributed by atoms with E-state index in [1.807, 2.05) is 27.9 Å². The number of allylic oxidation sites excluding steroid dienone is 1. The molecule has 2 nitrogen and oxygen atoms in total. The lowest BCUT2D eigenvalue weighted by atomic mass is 9.68. The zero-order valence-corrected chi connectivity index (χ0v) is 19.3. The van der Waals surface area contributed by atoms with E-state index in [2.05, 4.69) is 35.9 Å². The highest BCUT2D eigenvalue weighted by atomic mass is 19.1. The first-order chi connectivity index (χ1) is 14.7. The molecule has 1 aliphatic rings. The Morgan fingerprint density at radius 2 is 1.81 bits per heavy atom. The van der Waals surface area contributed by atoms with Gasteiger partial charge in [-0.05, 0) is 106 Å². The van der Waals surface area contributed by atoms with E-state index in [1.54, 1.807) is 18.2 Å². The molecule has 1 saturated carbocycles. The summed E-state index contributed by atoms with van der Waals surface area (Å²) >= 11 is 0. The van der Waals surface area contributed by atoms with Crippen molar-refractivity contribution in [3.05, 3.63) is 82.6 Å². The molecule has 1 atom stereocenters. The second-order valence-corrected chi connectivity index (χ2v) is 9.15. The Morgan fingerprint density at radius 3 is 2.42 bits per heavy atom. The normalized spacial score (nSPS) is 19.8. The fourth-order valence-corrected chi connectivity index (χ4v) is 4.16. The number of aryl methyl sites for hydroxylation is 1. The van der Waals surface area contributed by atoms with Gasteiger partial charge in [-0.15, -0.1) is 0 Å². The third-order valence-corrected chi connectivity index (χ3v) is 6.56. The van der Waals surface area contributed by atoms with Crippen molar-refractivity contribution < 1.29 is 8.78 Å². The van der Waals surface area contributed by atoms with Crippen molar-refractivity contribution in [2.75, 3.05) is 20.6 Å². The van der Waals surface area contributed by atoms with Gasteiger partial charge in [0.05, 0.1) is 0 Å². The van der Waals surface area contributed by atoms with Crippen molar-refractivity contribution in [2.45, 2.75) is 39.7 Å². The molecule has 2 aromatic carbocycles. The molecule has 0 spiro atoms. The SMILES string of the molecule is C=C(NCC1CC(/C(=C\c2ccc(F)cc2)c2cc(C)cc(F)c2C)C1)C(C)N(C)C. The first-order valence-corrected chi connectivity index (χ1v) is 11.0. The van der Waals surface area contributed by atoms with Gasteiger partial charge in [0.2, 0.25) is 0 Å². The molecule has 0 aromatic heterocycles. The lowest BCUT2D eigenvalue weighted by Gasteiger charge is -2.39. The van der Waals surface area contributed by atoms with E-state index in [-0.39, 0.29) is 17.7 Å². The van der Waals surface area contributed by atoms with Gasteiger partial charge in [-0.3, -0.25) is 0 Å². The van der Waals surface area contributed by atoms with Gasteiger partial charge in [0.1, 0.15) is 11.6 Å². The molecule has 1 N–H and O–H groups in total. The number of rotatable bonds is 8. The minimum atomic E-state index is -0.251. The zero-order chi connectivity index (χ0) is 22.7. The van der Waals surface area contributed by atoms with Crippen LogP contribution < -0.4 is 5.32 Å². The minimum Gasteiger partial charge on any atom is -0.387 e. The van der Waals surface area contributed by atoms with Crippen molar-refractivity contribution in [3.8, 4) is 0 Å². The van der Waals surface area contributed by atoms with E-state index in [9.17, 15) is 8.78 Å². The van der Waals surface area contributed by atoms with Crippen molar-refractivity contribution in [1.29, 1.82) is 0 Å². The fourth-order valence-electron chi connectivity index (χ4n) is 4.16. The molecule has 166 valence electrons. The average Bonchev–Trinajstić information content (AvgIpc) is 2.69. The second kappa shape index (κ2) is 9.78. The lowest BCUT2D eigenvalue weighted by Crippen LogP contribution is -2.38. The van der Waals surface area contributed by atoms with Crippen LogP contribution >= 0.6 is 0 Å². The van der Waals surface area contributed by atoms with Gasteiger partial charge in [0.15, 0.2) is 0 Å². The van der Waals surface area contributed by atoms with Crippen LogP contribution in [0.15, 0.2) is 48.7 Å². The summed E-state index contributed by atoms with van der Waals surface area (Å²) in [7, 11) is 4.10. The van der Waals surface area contributed by atoms with Gasteiger partial charge < -0.3 is 10.2 Å². The second-order valence-electron chi connectivity index (χ2n) is 9.15. The minimum absolute atomic E-state index is 0.175. The molecule has 2 aromatic rings. The Kier molecular flexibility index (Phi) is 7.32. The topological polar surface area (TPSA) is 15.3 Å². The van der Waals surface area contributed by atoms with Gasteiger partial charge in [0.25, 0.3) is 0 Å². The van der Waals surface area contributed by atoms with Crippen LogP contribution in [0.3, 0.4) is 0 Å². The highest BCUT2D eigenvalue weighted by molar-refractivity contribution is 5.84. The highest BCUT2D eigenvalue weighted by Gasteiger charge is 2.33. The highest BCUT2D eigenvalue weighted by Crippen LogP contribution is 2.44. The molecule has 1 fully saturated rings. The third-order valence-electron chi connectivity index (χ3n) is 6.56. The number of likely N-dealkylation sites (N-methyl/N-ethyl adjacent to an activating group) is 1. The monoisotopic (exact) mass is 424 g/mol. The Balaban J connectivity index is 1.78. The van der Waals surface area contributed by atoms with Crippen LogP contribution in [0.5, 0.6) is 0 Å². The number of nitrogens with zero attached hydrogens (tertiary/aromatic N) is 1. The van der Waals surface area contributed by atoms with Gasteiger partial charge in [-0.25, -0.2) is 8.78 Å². The number of benzene rings is 2. The molecule has 0 amide bonds. The smallest absolute Gasteiger partial charge is 0.126 e. The summed E-state index contributed by atoms with van der Waals surface area (Å²) in [5, 5.41) is 3.49. The molecule has 0 radical (unpaired) electrons. The van der Waals surface area contributed by atoms with Crippen LogP contribution in [0.4, 0.5) is 8.78 Å². The Morgan fingerprint density at radius 1 is 1.16 bits per heavy atom. The van der Waals surface area contributed by atoms with Crippen molar-refractivity contribution in [3.63, 3.8) is 0 Å². The van der Waals surface area contributed by atoms with E-state index in [0.29, 0.717) is 17.4 Å². The predicted molar refractivity (Wildman–Crippen MR) is 127 cm³/mol. The van der Waals surface area contributed by atoms with Crippen LogP contribution in [0.1, 0.15) is 42.0 Å². The molecule has 0 bridgehead atoms. The van der Waals surface area contributed by atoms with Crippen LogP contribution in [0.2, 0.25) is 0 Å². The molecule has 3 rings (SSSR count). The van der Waals surface area contributed by atoms with E-state index >= 15 is 0 Å². The molecule has 4 heteroatoms. The molecule has 1 aliphatic carbocycles. The maximum Gasteiger partial charge on any atom is 0.126 e. The van der Waals surface area contributed by atoms with E-state index in [4.69, 9.17) is 0 Å². The molecule has 0 saturated heterocycles. The van der Waals surface area contributed by atoms with E-state index in [1.165, 1.54) is 12.1 Å². The number of hydrogen-bond acceptors (Lipinski definition) is 2. The number of hydrogen-bond donors (Lipinski definition) is 1. The summed E-state index contributed by atoms with van der Waals surface area (Å²) < 4.78 is 27.9. The Bertz CT molecular complexity index is 954. The molecule has 0 aliphatic heterocycles. The third kappa shape index (κ3) is 5.62. The summed E-state index contributed by atoms with van der Waals surface area (Å²) in [6, 6.07) is 10.4. The summed E-state index contributed by atoms with van der Waals surface area (Å²) in [5.74, 6) is 0.490. The molecule has 1 unspecified atom stereocenters. The van der Waals surface area contributed by atoms with Gasteiger partial charge in [0, 0.05) is 18.3 Å². The predicted octanol–water partition coefficient (Wildman–Crippen LogP) is 6.20. The quantitative estimate of drug-likeness (QED) is 0.508. The summed E-state index contributed by atoms with van der Waals surface area (Å²) in [4.78, 5) is 2.14. The van der Waals surface area contributed by atoms with E-state index < -0.39 is 0 Å². The number of halogens is 2. The lowest BCUT2D eigenvalue weighted by molar-refractivity contribution is 0.240.